The number of rotatable bonds is 8. The lowest BCUT2D eigenvalue weighted by atomic mass is 10.2. The van der Waals surface area contributed by atoms with Crippen molar-refractivity contribution in [2.24, 2.45) is 0 Å². The van der Waals surface area contributed by atoms with Crippen LogP contribution in [0.1, 0.15) is 18.4 Å². The van der Waals surface area contributed by atoms with Gasteiger partial charge >= 0.3 is 5.97 Å². The zero-order chi connectivity index (χ0) is 13.4. The lowest BCUT2D eigenvalue weighted by molar-refractivity contribution is -0.136. The van der Waals surface area contributed by atoms with Gasteiger partial charge in [-0.2, -0.15) is 0 Å². The van der Waals surface area contributed by atoms with Crippen LogP contribution in [0, 0.1) is 6.92 Å². The van der Waals surface area contributed by atoms with Gasteiger partial charge in [0.15, 0.2) is 0 Å². The Morgan fingerprint density at radius 2 is 1.94 bits per heavy atom. The second kappa shape index (κ2) is 7.87. The van der Waals surface area contributed by atoms with E-state index in [9.17, 15) is 9.00 Å². The number of aliphatic carboxylic acids is 1. The third-order valence-corrected chi connectivity index (χ3v) is 3.75. The number of hydrogen-bond donors (Lipinski definition) is 1. The summed E-state index contributed by atoms with van der Waals surface area (Å²) >= 11 is 0. The molecule has 0 aliphatic heterocycles. The van der Waals surface area contributed by atoms with Crippen LogP contribution in [0.4, 0.5) is 0 Å². The Kier molecular flexibility index (Phi) is 6.43. The molecular formula is C13H18O4S. The Hall–Kier alpha value is -1.36. The van der Waals surface area contributed by atoms with Gasteiger partial charge in [0.1, 0.15) is 5.75 Å². The summed E-state index contributed by atoms with van der Waals surface area (Å²) in [4.78, 5) is 10.3. The normalized spacial score (nSPS) is 12.1. The number of hydrogen-bond acceptors (Lipinski definition) is 3. The highest BCUT2D eigenvalue weighted by atomic mass is 32.2. The van der Waals surface area contributed by atoms with Crippen molar-refractivity contribution in [1.29, 1.82) is 0 Å². The summed E-state index contributed by atoms with van der Waals surface area (Å²) in [5.41, 5.74) is 1.18. The summed E-state index contributed by atoms with van der Waals surface area (Å²) in [7, 11) is -1.06. The van der Waals surface area contributed by atoms with E-state index in [0.717, 1.165) is 5.75 Å². The van der Waals surface area contributed by atoms with Crippen LogP contribution in [0.3, 0.4) is 0 Å². The van der Waals surface area contributed by atoms with Gasteiger partial charge in [0, 0.05) is 22.3 Å². The van der Waals surface area contributed by atoms with E-state index >= 15 is 0 Å². The summed E-state index contributed by atoms with van der Waals surface area (Å²) in [6.45, 7) is 2.51. The van der Waals surface area contributed by atoms with Crippen molar-refractivity contribution in [3.05, 3.63) is 29.8 Å². The van der Waals surface area contributed by atoms with Gasteiger partial charge in [0.25, 0.3) is 0 Å². The molecule has 4 nitrogen and oxygen atoms in total. The molecule has 0 bridgehead atoms. The molecule has 0 saturated carbocycles. The third-order valence-electron chi connectivity index (χ3n) is 2.35. The van der Waals surface area contributed by atoms with Gasteiger partial charge in [-0.1, -0.05) is 17.7 Å². The number of aryl methyl sites for hydroxylation is 1. The molecule has 1 atom stereocenters. The van der Waals surface area contributed by atoms with Crippen LogP contribution in [-0.2, 0) is 15.6 Å². The van der Waals surface area contributed by atoms with Crippen molar-refractivity contribution in [3.63, 3.8) is 0 Å². The summed E-state index contributed by atoms with van der Waals surface area (Å²) in [5.74, 6) is 0.607. The van der Waals surface area contributed by atoms with E-state index in [4.69, 9.17) is 9.84 Å². The average molecular weight is 270 g/mol. The molecule has 1 rings (SSSR count). The Balaban J connectivity index is 2.13. The second-order valence-electron chi connectivity index (χ2n) is 4.01. The average Bonchev–Trinajstić information content (AvgIpc) is 2.34. The highest BCUT2D eigenvalue weighted by molar-refractivity contribution is 7.84. The van der Waals surface area contributed by atoms with Crippen molar-refractivity contribution in [3.8, 4) is 5.75 Å². The molecule has 0 heterocycles. The van der Waals surface area contributed by atoms with E-state index in [2.05, 4.69) is 0 Å². The van der Waals surface area contributed by atoms with Crippen LogP contribution in [0.2, 0.25) is 0 Å². The zero-order valence-corrected chi connectivity index (χ0v) is 11.2. The molecule has 1 unspecified atom stereocenters. The first-order valence-electron chi connectivity index (χ1n) is 5.84. The fraction of sp³-hybridized carbons (Fsp3) is 0.462. The molecule has 0 aliphatic carbocycles. The largest absolute Gasteiger partial charge is 0.494 e. The van der Waals surface area contributed by atoms with Crippen LogP contribution in [0.5, 0.6) is 5.75 Å². The first-order valence-corrected chi connectivity index (χ1v) is 7.33. The van der Waals surface area contributed by atoms with E-state index < -0.39 is 16.8 Å². The van der Waals surface area contributed by atoms with Crippen LogP contribution < -0.4 is 4.74 Å². The molecule has 0 saturated heterocycles. The molecular weight excluding hydrogens is 252 g/mol. The fourth-order valence-electron chi connectivity index (χ4n) is 1.35. The fourth-order valence-corrected chi connectivity index (χ4v) is 2.39. The maximum absolute atomic E-state index is 11.4. The van der Waals surface area contributed by atoms with Gasteiger partial charge in [0.2, 0.25) is 0 Å². The summed E-state index contributed by atoms with van der Waals surface area (Å²) < 4.78 is 16.9. The predicted octanol–water partition coefficient (Wildman–Crippen LogP) is 1.99. The van der Waals surface area contributed by atoms with Gasteiger partial charge in [-0.25, -0.2) is 0 Å². The number of carboxylic acids is 1. The molecule has 5 heteroatoms. The van der Waals surface area contributed by atoms with Gasteiger partial charge in [-0.05, 0) is 25.5 Å². The Labute approximate surface area is 109 Å². The first-order chi connectivity index (χ1) is 8.58. The molecule has 0 fully saturated rings. The maximum atomic E-state index is 11.4. The number of carboxylic acid groups (broad SMARTS) is 1. The molecule has 18 heavy (non-hydrogen) atoms. The third kappa shape index (κ3) is 6.39. The van der Waals surface area contributed by atoms with Crippen LogP contribution in [-0.4, -0.2) is 33.4 Å². The molecule has 1 aromatic carbocycles. The van der Waals surface area contributed by atoms with Crippen molar-refractivity contribution in [2.75, 3.05) is 18.1 Å². The number of carbonyl (C=O) groups is 1. The Morgan fingerprint density at radius 3 is 2.56 bits per heavy atom. The quantitative estimate of drug-likeness (QED) is 0.734. The summed E-state index contributed by atoms with van der Waals surface area (Å²) in [6, 6.07) is 7.74. The highest BCUT2D eigenvalue weighted by Gasteiger charge is 2.03. The monoisotopic (exact) mass is 270 g/mol. The van der Waals surface area contributed by atoms with Crippen molar-refractivity contribution < 1.29 is 18.8 Å². The van der Waals surface area contributed by atoms with Crippen LogP contribution >= 0.6 is 0 Å². The van der Waals surface area contributed by atoms with E-state index in [1.54, 1.807) is 0 Å². The summed E-state index contributed by atoms with van der Waals surface area (Å²) in [5, 5.41) is 8.45. The van der Waals surface area contributed by atoms with Gasteiger partial charge in [0.05, 0.1) is 13.0 Å². The standard InChI is InChI=1S/C13H18O4S/c1-11-3-5-12(6-4-11)17-8-2-9-18(16)10-7-13(14)15/h3-6H,2,7-10H2,1H3,(H,14,15). The molecule has 1 aromatic rings. The van der Waals surface area contributed by atoms with Crippen molar-refractivity contribution in [2.45, 2.75) is 19.8 Å². The summed E-state index contributed by atoms with van der Waals surface area (Å²) in [6.07, 6.45) is 0.630. The van der Waals surface area contributed by atoms with E-state index in [-0.39, 0.29) is 12.2 Å². The lowest BCUT2D eigenvalue weighted by Crippen LogP contribution is -2.10. The van der Waals surface area contributed by atoms with E-state index in [1.165, 1.54) is 5.56 Å². The smallest absolute Gasteiger partial charge is 0.304 e. The molecule has 0 spiro atoms. The van der Waals surface area contributed by atoms with Crippen LogP contribution in [0.15, 0.2) is 24.3 Å². The number of benzene rings is 1. The minimum Gasteiger partial charge on any atom is -0.494 e. The topological polar surface area (TPSA) is 63.6 Å². The van der Waals surface area contributed by atoms with Crippen molar-refractivity contribution >= 4 is 16.8 Å². The zero-order valence-electron chi connectivity index (χ0n) is 10.4. The molecule has 100 valence electrons. The first kappa shape index (κ1) is 14.7. The molecule has 0 amide bonds. The SMILES string of the molecule is Cc1ccc(OCCCS(=O)CCC(=O)O)cc1. The number of ether oxygens (including phenoxy) is 1. The highest BCUT2D eigenvalue weighted by Crippen LogP contribution is 2.11. The second-order valence-corrected chi connectivity index (χ2v) is 5.70. The van der Waals surface area contributed by atoms with Gasteiger partial charge < -0.3 is 9.84 Å². The van der Waals surface area contributed by atoms with Crippen molar-refractivity contribution in [1.82, 2.24) is 0 Å². The van der Waals surface area contributed by atoms with Crippen LogP contribution in [0.25, 0.3) is 0 Å². The predicted molar refractivity (Wildman–Crippen MR) is 71.4 cm³/mol. The molecule has 1 N–H and O–H groups in total. The lowest BCUT2D eigenvalue weighted by Gasteiger charge is -2.06. The maximum Gasteiger partial charge on any atom is 0.304 e. The molecule has 0 aliphatic rings. The minimum absolute atomic E-state index is 0.0363. The molecule has 0 aromatic heterocycles. The van der Waals surface area contributed by atoms with Gasteiger partial charge in [-0.15, -0.1) is 0 Å². The van der Waals surface area contributed by atoms with E-state index in [0.29, 0.717) is 18.8 Å². The molecule has 0 radical (unpaired) electrons. The van der Waals surface area contributed by atoms with Gasteiger partial charge in [-0.3, -0.25) is 9.00 Å². The van der Waals surface area contributed by atoms with E-state index in [1.807, 2.05) is 31.2 Å². The Bertz CT molecular complexity index is 400. The Morgan fingerprint density at radius 1 is 1.28 bits per heavy atom. The minimum atomic E-state index is -1.06.